The molecule has 4 heterocycles. The van der Waals surface area contributed by atoms with Crippen molar-refractivity contribution in [1.82, 2.24) is 29.5 Å². The number of carbonyl (C=O) groups is 2. The van der Waals surface area contributed by atoms with E-state index >= 15 is 0 Å². The normalized spacial score (nSPS) is 16.3. The molecule has 0 saturated carbocycles. The minimum absolute atomic E-state index is 0.000557. The quantitative estimate of drug-likeness (QED) is 0.379. The molecule has 0 bridgehead atoms. The summed E-state index contributed by atoms with van der Waals surface area (Å²) in [6.45, 7) is 11.3. The smallest absolute Gasteiger partial charge is 0.436 e. The fraction of sp³-hybridized carbons (Fsp3) is 0.483. The SMILES string of the molecule is CCOC(=O)n1nc(C)cc1Nc1cc(N2CCN(CC)CC2)nc(NC2CCN(C(=O)c3cccc(Cl)c3F)CC2)n1. The van der Waals surface area contributed by atoms with Gasteiger partial charge in [0.2, 0.25) is 5.95 Å². The number of rotatable bonds is 8. The van der Waals surface area contributed by atoms with E-state index in [9.17, 15) is 14.0 Å². The summed E-state index contributed by atoms with van der Waals surface area (Å²) in [5.41, 5.74) is 0.629. The van der Waals surface area contributed by atoms with Crippen LogP contribution >= 0.6 is 11.6 Å². The lowest BCUT2D eigenvalue weighted by Gasteiger charge is -2.35. The number of piperazine rings is 1. The van der Waals surface area contributed by atoms with Crippen LogP contribution in [0.1, 0.15) is 42.7 Å². The number of hydrogen-bond donors (Lipinski definition) is 2. The monoisotopic (exact) mass is 613 g/mol. The number of aryl methyl sites for hydroxylation is 1. The van der Waals surface area contributed by atoms with E-state index in [0.717, 1.165) is 38.5 Å². The Morgan fingerprint density at radius 3 is 2.51 bits per heavy atom. The van der Waals surface area contributed by atoms with Gasteiger partial charge in [0.15, 0.2) is 5.82 Å². The van der Waals surface area contributed by atoms with Crippen LogP contribution in [0.4, 0.5) is 32.6 Å². The van der Waals surface area contributed by atoms with Crippen molar-refractivity contribution >= 4 is 47.0 Å². The Morgan fingerprint density at radius 1 is 1.07 bits per heavy atom. The number of halogens is 2. The van der Waals surface area contributed by atoms with Gasteiger partial charge in [-0.15, -0.1) is 4.68 Å². The number of nitrogens with zero attached hydrogens (tertiary/aromatic N) is 7. The fourth-order valence-electron chi connectivity index (χ4n) is 5.31. The highest BCUT2D eigenvalue weighted by atomic mass is 35.5. The van der Waals surface area contributed by atoms with Gasteiger partial charge in [-0.1, -0.05) is 24.6 Å². The molecule has 0 aliphatic carbocycles. The maximum absolute atomic E-state index is 14.5. The van der Waals surface area contributed by atoms with Crippen LogP contribution in [-0.4, -0.2) is 100 Å². The van der Waals surface area contributed by atoms with E-state index in [-0.39, 0.29) is 29.1 Å². The van der Waals surface area contributed by atoms with Crippen molar-refractivity contribution in [3.63, 3.8) is 0 Å². The van der Waals surface area contributed by atoms with Crippen molar-refractivity contribution in [1.29, 1.82) is 0 Å². The highest BCUT2D eigenvalue weighted by Gasteiger charge is 2.27. The topological polar surface area (TPSA) is 121 Å². The third kappa shape index (κ3) is 7.16. The Kier molecular flexibility index (Phi) is 9.61. The first-order chi connectivity index (χ1) is 20.7. The third-order valence-corrected chi connectivity index (χ3v) is 7.97. The Labute approximate surface area is 255 Å². The van der Waals surface area contributed by atoms with Gasteiger partial charge < -0.3 is 30.1 Å². The van der Waals surface area contributed by atoms with E-state index in [0.29, 0.717) is 49.2 Å². The number of hydrogen-bond acceptors (Lipinski definition) is 10. The van der Waals surface area contributed by atoms with Crippen molar-refractivity contribution in [3.05, 3.63) is 52.4 Å². The Hall–Kier alpha value is -3.97. The largest absolute Gasteiger partial charge is 0.448 e. The number of carbonyl (C=O) groups excluding carboxylic acids is 2. The number of aromatic nitrogens is 4. The first-order valence-electron chi connectivity index (χ1n) is 14.6. The minimum atomic E-state index is -0.695. The Bertz CT molecular complexity index is 1450. The number of likely N-dealkylation sites (N-methyl/N-ethyl adjacent to an activating group) is 1. The van der Waals surface area contributed by atoms with Crippen molar-refractivity contribution in [2.45, 2.75) is 39.7 Å². The van der Waals surface area contributed by atoms with Crippen LogP contribution in [0.5, 0.6) is 0 Å². The molecule has 2 saturated heterocycles. The second-order valence-electron chi connectivity index (χ2n) is 10.6. The Morgan fingerprint density at radius 2 is 1.81 bits per heavy atom. The predicted octanol–water partition coefficient (Wildman–Crippen LogP) is 4.38. The lowest BCUT2D eigenvalue weighted by molar-refractivity contribution is 0.0713. The molecule has 14 heteroatoms. The number of anilines is 4. The van der Waals surface area contributed by atoms with Crippen LogP contribution in [0.15, 0.2) is 30.3 Å². The minimum Gasteiger partial charge on any atom is -0.448 e. The fourth-order valence-corrected chi connectivity index (χ4v) is 5.49. The average Bonchev–Trinajstić information content (AvgIpc) is 3.38. The van der Waals surface area contributed by atoms with Crippen LogP contribution < -0.4 is 15.5 Å². The van der Waals surface area contributed by atoms with E-state index in [1.54, 1.807) is 30.9 Å². The second kappa shape index (κ2) is 13.6. The second-order valence-corrected chi connectivity index (χ2v) is 11.0. The summed E-state index contributed by atoms with van der Waals surface area (Å²) < 4.78 is 20.8. The summed E-state index contributed by atoms with van der Waals surface area (Å²) >= 11 is 5.89. The molecule has 1 aromatic carbocycles. The first kappa shape index (κ1) is 30.5. The van der Waals surface area contributed by atoms with Crippen molar-refractivity contribution in [2.75, 3.05) is 68.0 Å². The third-order valence-electron chi connectivity index (χ3n) is 7.68. The van der Waals surface area contributed by atoms with Crippen LogP contribution in [0.25, 0.3) is 0 Å². The number of benzene rings is 1. The van der Waals surface area contributed by atoms with E-state index in [1.165, 1.54) is 16.8 Å². The maximum Gasteiger partial charge on any atom is 0.436 e. The summed E-state index contributed by atoms with van der Waals surface area (Å²) in [4.78, 5) is 41.3. The van der Waals surface area contributed by atoms with Crippen molar-refractivity contribution < 1.29 is 18.7 Å². The van der Waals surface area contributed by atoms with Gasteiger partial charge in [-0.3, -0.25) is 4.79 Å². The molecule has 0 unspecified atom stereocenters. The van der Waals surface area contributed by atoms with Gasteiger partial charge in [-0.2, -0.15) is 15.1 Å². The molecule has 2 aromatic heterocycles. The van der Waals surface area contributed by atoms with Crippen LogP contribution in [0, 0.1) is 12.7 Å². The summed E-state index contributed by atoms with van der Waals surface area (Å²) in [6, 6.07) is 8.08. The molecule has 43 heavy (non-hydrogen) atoms. The number of ether oxygens (including phenoxy) is 1. The molecule has 0 spiro atoms. The zero-order valence-electron chi connectivity index (χ0n) is 24.6. The number of nitrogens with one attached hydrogen (secondary N) is 2. The van der Waals surface area contributed by atoms with E-state index in [1.807, 2.05) is 6.07 Å². The van der Waals surface area contributed by atoms with Gasteiger partial charge in [-0.25, -0.2) is 9.18 Å². The summed E-state index contributed by atoms with van der Waals surface area (Å²) in [7, 11) is 0. The highest BCUT2D eigenvalue weighted by Crippen LogP contribution is 2.26. The number of likely N-dealkylation sites (tertiary alicyclic amines) is 1. The standard InChI is InChI=1S/C29H37ClFN9O3/c1-4-37-13-15-38(16-14-37)24-18-23(33-25-17-19(3)36-40(25)29(42)43-5-2)34-28(35-24)32-20-9-11-39(12-10-20)27(41)21-7-6-8-22(30)26(21)31/h6-8,17-18,20H,4-5,9-16H2,1-3H3,(H2,32,33,34,35). The van der Waals surface area contributed by atoms with Gasteiger partial charge in [-0.05, 0) is 45.4 Å². The molecule has 5 rings (SSSR count). The van der Waals surface area contributed by atoms with Gasteiger partial charge in [0.05, 0.1) is 22.9 Å². The molecule has 1 amide bonds. The lowest BCUT2D eigenvalue weighted by Crippen LogP contribution is -2.46. The molecule has 0 radical (unpaired) electrons. The molecule has 2 N–H and O–H groups in total. The van der Waals surface area contributed by atoms with Crippen LogP contribution in [0.2, 0.25) is 5.02 Å². The number of amides is 1. The van der Waals surface area contributed by atoms with Crippen LogP contribution in [0.3, 0.4) is 0 Å². The summed E-state index contributed by atoms with van der Waals surface area (Å²) in [5, 5.41) is 10.9. The van der Waals surface area contributed by atoms with Crippen LogP contribution in [-0.2, 0) is 4.74 Å². The van der Waals surface area contributed by atoms with Gasteiger partial charge in [0, 0.05) is 57.4 Å². The lowest BCUT2D eigenvalue weighted by atomic mass is 10.0. The molecule has 2 fully saturated rings. The molecule has 3 aromatic rings. The molecule has 230 valence electrons. The average molecular weight is 614 g/mol. The number of piperidine rings is 1. The van der Waals surface area contributed by atoms with E-state index in [2.05, 4.69) is 32.5 Å². The van der Waals surface area contributed by atoms with E-state index < -0.39 is 11.9 Å². The highest BCUT2D eigenvalue weighted by molar-refractivity contribution is 6.31. The predicted molar refractivity (Wildman–Crippen MR) is 163 cm³/mol. The summed E-state index contributed by atoms with van der Waals surface area (Å²) in [6.07, 6.45) is 0.683. The first-order valence-corrected chi connectivity index (χ1v) is 15.0. The molecule has 2 aliphatic rings. The molecular weight excluding hydrogens is 577 g/mol. The molecule has 12 nitrogen and oxygen atoms in total. The van der Waals surface area contributed by atoms with Crippen molar-refractivity contribution in [3.8, 4) is 0 Å². The summed E-state index contributed by atoms with van der Waals surface area (Å²) in [5.74, 6) is 1.06. The van der Waals surface area contributed by atoms with E-state index in [4.69, 9.17) is 26.3 Å². The van der Waals surface area contributed by atoms with Gasteiger partial charge in [0.25, 0.3) is 5.91 Å². The maximum atomic E-state index is 14.5. The Balaban J connectivity index is 1.33. The molecule has 0 atom stereocenters. The zero-order chi connectivity index (χ0) is 30.5. The van der Waals surface area contributed by atoms with Gasteiger partial charge in [0.1, 0.15) is 17.5 Å². The molecular formula is C29H37ClFN9O3. The molecule has 2 aliphatic heterocycles. The van der Waals surface area contributed by atoms with Gasteiger partial charge >= 0.3 is 6.09 Å². The van der Waals surface area contributed by atoms with Crippen molar-refractivity contribution in [2.24, 2.45) is 0 Å². The zero-order valence-corrected chi connectivity index (χ0v) is 25.4.